The smallest absolute Gasteiger partial charge is 0.290 e. The maximum Gasteiger partial charge on any atom is 0.290 e. The van der Waals surface area contributed by atoms with Crippen molar-refractivity contribution < 1.29 is 23.8 Å². The topological polar surface area (TPSA) is 100 Å². The average molecular weight is 441 g/mol. The van der Waals surface area contributed by atoms with E-state index in [1.807, 2.05) is 27.8 Å². The summed E-state index contributed by atoms with van der Waals surface area (Å²) in [6.45, 7) is 2.00. The quantitative estimate of drug-likeness (QED) is 0.617. The fourth-order valence-corrected chi connectivity index (χ4v) is 4.88. The number of carbonyl (C=O) groups excluding carboxylic acids is 1. The molecule has 1 amide bonds. The van der Waals surface area contributed by atoms with Gasteiger partial charge in [-0.1, -0.05) is 12.1 Å². The number of carboxylic acid groups (broad SMARTS) is 1. The van der Waals surface area contributed by atoms with Gasteiger partial charge in [0.25, 0.3) is 6.47 Å². The number of fused-ring (bicyclic) bond motifs is 2. The molecule has 2 aliphatic heterocycles. The second kappa shape index (κ2) is 9.31. The summed E-state index contributed by atoms with van der Waals surface area (Å²) in [6.07, 6.45) is 7.28. The fraction of sp³-hybridized carbons (Fsp3) is 0.364. The molecule has 3 atom stereocenters. The Bertz CT molecular complexity index is 1110. The van der Waals surface area contributed by atoms with E-state index in [0.29, 0.717) is 12.5 Å². The van der Waals surface area contributed by atoms with Crippen molar-refractivity contribution in [2.75, 3.05) is 38.3 Å². The number of hydrogen-bond acceptors (Lipinski definition) is 6. The van der Waals surface area contributed by atoms with Crippen molar-refractivity contribution in [3.05, 3.63) is 60.4 Å². The number of likely N-dealkylation sites (tertiary alicyclic amines) is 1. The Morgan fingerprint density at radius 1 is 1.31 bits per heavy atom. The molecule has 0 radical (unpaired) electrons. The number of carbonyl (C=O) groups is 2. The molecule has 10 heteroatoms. The first-order valence-corrected chi connectivity index (χ1v) is 10.2. The number of imidazole rings is 1. The summed E-state index contributed by atoms with van der Waals surface area (Å²) in [5, 5.41) is 6.89. The van der Waals surface area contributed by atoms with Crippen LogP contribution in [-0.4, -0.2) is 70.1 Å². The van der Waals surface area contributed by atoms with E-state index in [4.69, 9.17) is 14.6 Å². The van der Waals surface area contributed by atoms with Gasteiger partial charge in [0.05, 0.1) is 18.4 Å². The van der Waals surface area contributed by atoms with E-state index in [9.17, 15) is 9.18 Å². The van der Waals surface area contributed by atoms with Crippen molar-refractivity contribution in [3.8, 4) is 0 Å². The molecule has 5 rings (SSSR count). The highest BCUT2D eigenvalue weighted by Gasteiger charge is 2.49. The molecule has 32 heavy (non-hydrogen) atoms. The SMILES string of the molecule is COCC(=O)N1C[C@H]2CN(c3cncc4nccn34)C[C@H]2[C@@H]1c1cccc(F)c1.O=CO. The van der Waals surface area contributed by atoms with E-state index in [2.05, 4.69) is 14.9 Å². The molecule has 168 valence electrons. The van der Waals surface area contributed by atoms with Crippen molar-refractivity contribution >= 4 is 23.8 Å². The van der Waals surface area contributed by atoms with E-state index < -0.39 is 0 Å². The number of aromatic nitrogens is 3. The first-order valence-electron chi connectivity index (χ1n) is 10.2. The van der Waals surface area contributed by atoms with Crippen LogP contribution >= 0.6 is 0 Å². The third-order valence-electron chi connectivity index (χ3n) is 6.06. The van der Waals surface area contributed by atoms with E-state index in [0.717, 1.165) is 30.1 Å². The number of methoxy groups -OCH3 is 1. The molecule has 0 aliphatic carbocycles. The number of halogens is 1. The van der Waals surface area contributed by atoms with E-state index in [1.165, 1.54) is 13.2 Å². The highest BCUT2D eigenvalue weighted by molar-refractivity contribution is 5.78. The van der Waals surface area contributed by atoms with Crippen LogP contribution in [0.5, 0.6) is 0 Å². The lowest BCUT2D eigenvalue weighted by atomic mass is 9.89. The van der Waals surface area contributed by atoms with Gasteiger partial charge in [-0.3, -0.25) is 19.0 Å². The molecule has 2 aliphatic rings. The van der Waals surface area contributed by atoms with Crippen LogP contribution in [0.4, 0.5) is 10.2 Å². The molecule has 9 nitrogen and oxygen atoms in total. The molecule has 0 saturated carbocycles. The second-order valence-corrected chi connectivity index (χ2v) is 7.83. The van der Waals surface area contributed by atoms with Gasteiger partial charge in [-0.25, -0.2) is 9.37 Å². The molecule has 0 spiro atoms. The van der Waals surface area contributed by atoms with Crippen LogP contribution in [0.25, 0.3) is 5.65 Å². The van der Waals surface area contributed by atoms with Gasteiger partial charge >= 0.3 is 0 Å². The van der Waals surface area contributed by atoms with E-state index >= 15 is 0 Å². The third-order valence-corrected chi connectivity index (χ3v) is 6.06. The Labute approximate surface area is 184 Å². The summed E-state index contributed by atoms with van der Waals surface area (Å²) < 4.78 is 21.1. The molecule has 0 unspecified atom stereocenters. The zero-order valence-corrected chi connectivity index (χ0v) is 17.5. The normalized spacial score (nSPS) is 21.9. The van der Waals surface area contributed by atoms with Gasteiger partial charge in [0, 0.05) is 51.0 Å². The Morgan fingerprint density at radius 3 is 2.88 bits per heavy atom. The van der Waals surface area contributed by atoms with Crippen molar-refractivity contribution in [1.29, 1.82) is 0 Å². The van der Waals surface area contributed by atoms with Crippen LogP contribution in [0.2, 0.25) is 0 Å². The van der Waals surface area contributed by atoms with Gasteiger partial charge in [-0.05, 0) is 17.7 Å². The molecule has 2 aromatic heterocycles. The maximum absolute atomic E-state index is 14.0. The highest BCUT2D eigenvalue weighted by atomic mass is 19.1. The van der Waals surface area contributed by atoms with Crippen LogP contribution in [0.3, 0.4) is 0 Å². The molecule has 3 aromatic rings. The number of amides is 1. The monoisotopic (exact) mass is 441 g/mol. The van der Waals surface area contributed by atoms with Gasteiger partial charge in [0.15, 0.2) is 5.65 Å². The number of anilines is 1. The van der Waals surface area contributed by atoms with Crippen molar-refractivity contribution in [3.63, 3.8) is 0 Å². The molecule has 1 N–H and O–H groups in total. The van der Waals surface area contributed by atoms with Crippen LogP contribution in [0, 0.1) is 17.7 Å². The largest absolute Gasteiger partial charge is 0.483 e. The molecule has 2 fully saturated rings. The predicted molar refractivity (Wildman–Crippen MR) is 114 cm³/mol. The first-order chi connectivity index (χ1) is 15.6. The summed E-state index contributed by atoms with van der Waals surface area (Å²) in [5.74, 6) is 1.15. The van der Waals surface area contributed by atoms with Gasteiger partial charge in [-0.15, -0.1) is 0 Å². The van der Waals surface area contributed by atoms with E-state index in [1.54, 1.807) is 24.5 Å². The number of nitrogens with zero attached hydrogens (tertiary/aromatic N) is 5. The fourth-order valence-electron chi connectivity index (χ4n) is 4.88. The van der Waals surface area contributed by atoms with Crippen molar-refractivity contribution in [2.45, 2.75) is 6.04 Å². The Hall–Kier alpha value is -3.53. The second-order valence-electron chi connectivity index (χ2n) is 7.83. The maximum atomic E-state index is 14.0. The van der Waals surface area contributed by atoms with Gasteiger partial charge in [0.2, 0.25) is 5.91 Å². The predicted octanol–water partition coefficient (Wildman–Crippen LogP) is 1.85. The van der Waals surface area contributed by atoms with Gasteiger partial charge in [-0.2, -0.15) is 0 Å². The number of hydrogen-bond donors (Lipinski definition) is 1. The summed E-state index contributed by atoms with van der Waals surface area (Å²) in [6, 6.07) is 6.42. The summed E-state index contributed by atoms with van der Waals surface area (Å²) in [7, 11) is 1.52. The molecule has 2 saturated heterocycles. The number of rotatable bonds is 4. The van der Waals surface area contributed by atoms with Crippen molar-refractivity contribution in [2.24, 2.45) is 11.8 Å². The summed E-state index contributed by atoms with van der Waals surface area (Å²) in [4.78, 5) is 33.9. The molecule has 0 bridgehead atoms. The van der Waals surface area contributed by atoms with Crippen LogP contribution in [0.15, 0.2) is 49.1 Å². The zero-order chi connectivity index (χ0) is 22.7. The minimum atomic E-state index is -0.285. The van der Waals surface area contributed by atoms with Gasteiger partial charge in [0.1, 0.15) is 18.2 Å². The average Bonchev–Trinajstić information content (AvgIpc) is 3.48. The minimum absolute atomic E-state index is 0.0350. The molecule has 4 heterocycles. The molecular weight excluding hydrogens is 417 g/mol. The van der Waals surface area contributed by atoms with Crippen molar-refractivity contribution in [1.82, 2.24) is 19.3 Å². The lowest BCUT2D eigenvalue weighted by molar-refractivity contribution is -0.136. The zero-order valence-electron chi connectivity index (χ0n) is 17.5. The Morgan fingerprint density at radius 2 is 2.12 bits per heavy atom. The van der Waals surface area contributed by atoms with Crippen LogP contribution in [0.1, 0.15) is 11.6 Å². The lowest BCUT2D eigenvalue weighted by Crippen LogP contribution is -2.37. The molecule has 1 aromatic carbocycles. The van der Waals surface area contributed by atoms with Gasteiger partial charge < -0.3 is 19.6 Å². The Balaban J connectivity index is 0.000000775. The van der Waals surface area contributed by atoms with E-state index in [-0.39, 0.29) is 36.8 Å². The summed E-state index contributed by atoms with van der Waals surface area (Å²) in [5.41, 5.74) is 1.64. The van der Waals surface area contributed by atoms with Crippen LogP contribution in [-0.2, 0) is 14.3 Å². The Kier molecular flexibility index (Phi) is 6.31. The first kappa shape index (κ1) is 21.7. The highest BCUT2D eigenvalue weighted by Crippen LogP contribution is 2.46. The number of benzene rings is 1. The summed E-state index contributed by atoms with van der Waals surface area (Å²) >= 11 is 0. The van der Waals surface area contributed by atoms with Crippen LogP contribution < -0.4 is 4.90 Å². The standard InChI is InChI=1S/C21H22FN5O2.CH2O2/c1-29-13-20(28)27-11-15-10-25(19-9-23-8-18-24-5-6-26(18)19)12-17(15)21(27)14-3-2-4-16(22)7-14;2-1-3/h2-9,15,17,21H,10-13H2,1H3;1H,(H,2,3)/t15-,17-,21+;/m1./s1. The third kappa shape index (κ3) is 4.01. The number of ether oxygens (including phenoxy) is 1. The minimum Gasteiger partial charge on any atom is -0.483 e. The lowest BCUT2D eigenvalue weighted by Gasteiger charge is -2.30. The molecular formula is C22H24FN5O4.